The van der Waals surface area contributed by atoms with Crippen molar-refractivity contribution < 1.29 is 18.7 Å². The Bertz CT molecular complexity index is 779. The average Bonchev–Trinajstić information content (AvgIpc) is 2.78. The van der Waals surface area contributed by atoms with Crippen LogP contribution in [0.5, 0.6) is 0 Å². The molecule has 7 heteroatoms. The van der Waals surface area contributed by atoms with Crippen LogP contribution in [0.1, 0.15) is 17.0 Å². The topological polar surface area (TPSA) is 73.2 Å². The number of anilines is 1. The second-order valence-corrected chi connectivity index (χ2v) is 5.20. The number of esters is 1. The van der Waals surface area contributed by atoms with E-state index in [0.29, 0.717) is 5.69 Å². The van der Waals surface area contributed by atoms with Crippen molar-refractivity contribution in [3.8, 4) is 0 Å². The summed E-state index contributed by atoms with van der Waals surface area (Å²) in [6, 6.07) is 5.29. The summed E-state index contributed by atoms with van der Waals surface area (Å²) in [7, 11) is 1.82. The van der Waals surface area contributed by atoms with Gasteiger partial charge >= 0.3 is 5.97 Å². The molecule has 0 saturated heterocycles. The molecule has 1 heterocycles. The van der Waals surface area contributed by atoms with Gasteiger partial charge in [-0.15, -0.1) is 0 Å². The zero-order chi connectivity index (χ0) is 17.7. The lowest BCUT2D eigenvalue weighted by Gasteiger charge is -2.05. The summed E-state index contributed by atoms with van der Waals surface area (Å²) in [6.45, 7) is 3.31. The molecule has 0 spiro atoms. The van der Waals surface area contributed by atoms with E-state index in [-0.39, 0.29) is 0 Å². The van der Waals surface area contributed by atoms with Gasteiger partial charge in [0.2, 0.25) is 0 Å². The quantitative estimate of drug-likeness (QED) is 0.674. The van der Waals surface area contributed by atoms with E-state index in [0.717, 1.165) is 17.0 Å². The zero-order valence-corrected chi connectivity index (χ0v) is 13.7. The molecule has 6 nitrogen and oxygen atoms in total. The number of nitrogens with one attached hydrogen (secondary N) is 1. The summed E-state index contributed by atoms with van der Waals surface area (Å²) in [5, 5.41) is 6.74. The molecule has 0 unspecified atom stereocenters. The predicted molar refractivity (Wildman–Crippen MR) is 87.7 cm³/mol. The van der Waals surface area contributed by atoms with E-state index in [1.54, 1.807) is 10.8 Å². The third-order valence-corrected chi connectivity index (χ3v) is 3.42. The molecule has 0 atom stereocenters. The number of benzene rings is 1. The fraction of sp³-hybridized carbons (Fsp3) is 0.235. The van der Waals surface area contributed by atoms with Gasteiger partial charge in [0, 0.05) is 30.1 Å². The van der Waals surface area contributed by atoms with Crippen molar-refractivity contribution in [2.24, 2.45) is 7.05 Å². The molecule has 24 heavy (non-hydrogen) atoms. The van der Waals surface area contributed by atoms with Crippen molar-refractivity contribution in [2.45, 2.75) is 13.8 Å². The van der Waals surface area contributed by atoms with E-state index < -0.39 is 24.3 Å². The van der Waals surface area contributed by atoms with Gasteiger partial charge in [-0.1, -0.05) is 0 Å². The van der Waals surface area contributed by atoms with E-state index in [1.165, 1.54) is 30.3 Å². The van der Waals surface area contributed by atoms with Gasteiger partial charge in [-0.25, -0.2) is 9.18 Å². The predicted octanol–water partition coefficient (Wildman–Crippen LogP) is 2.37. The highest BCUT2D eigenvalue weighted by Gasteiger charge is 2.08. The van der Waals surface area contributed by atoms with Crippen LogP contribution in [-0.2, 0) is 21.4 Å². The Balaban J connectivity index is 1.85. The maximum absolute atomic E-state index is 12.8. The monoisotopic (exact) mass is 331 g/mol. The number of rotatable bonds is 5. The lowest BCUT2D eigenvalue weighted by Crippen LogP contribution is -2.20. The summed E-state index contributed by atoms with van der Waals surface area (Å²) >= 11 is 0. The lowest BCUT2D eigenvalue weighted by atomic mass is 10.2. The largest absolute Gasteiger partial charge is 0.452 e. The molecule has 0 saturated carbocycles. The van der Waals surface area contributed by atoms with Gasteiger partial charge in [0.1, 0.15) is 5.82 Å². The van der Waals surface area contributed by atoms with Crippen LogP contribution in [0.3, 0.4) is 0 Å². The second kappa shape index (κ2) is 7.54. The van der Waals surface area contributed by atoms with Crippen LogP contribution in [0.15, 0.2) is 30.3 Å². The molecule has 0 aliphatic rings. The summed E-state index contributed by atoms with van der Waals surface area (Å²) in [6.07, 6.45) is 2.86. The number of aryl methyl sites for hydroxylation is 2. The minimum Gasteiger partial charge on any atom is -0.452 e. The second-order valence-electron chi connectivity index (χ2n) is 5.20. The average molecular weight is 331 g/mol. The van der Waals surface area contributed by atoms with E-state index in [4.69, 9.17) is 4.74 Å². The molecule has 0 aliphatic heterocycles. The fourth-order valence-corrected chi connectivity index (χ4v) is 2.10. The van der Waals surface area contributed by atoms with E-state index in [2.05, 4.69) is 10.4 Å². The molecule has 0 radical (unpaired) electrons. The molecule has 0 fully saturated rings. The van der Waals surface area contributed by atoms with E-state index in [1.807, 2.05) is 20.9 Å². The third kappa shape index (κ3) is 4.52. The number of halogens is 1. The zero-order valence-electron chi connectivity index (χ0n) is 13.7. The van der Waals surface area contributed by atoms with E-state index >= 15 is 0 Å². The summed E-state index contributed by atoms with van der Waals surface area (Å²) in [5.74, 6) is -1.53. The van der Waals surface area contributed by atoms with Crippen molar-refractivity contribution in [2.75, 3.05) is 11.9 Å². The fourth-order valence-electron chi connectivity index (χ4n) is 2.10. The van der Waals surface area contributed by atoms with Crippen LogP contribution < -0.4 is 5.32 Å². The highest BCUT2D eigenvalue weighted by Crippen LogP contribution is 2.13. The van der Waals surface area contributed by atoms with Crippen molar-refractivity contribution in [3.05, 3.63) is 53.1 Å². The van der Waals surface area contributed by atoms with Crippen LogP contribution in [0, 0.1) is 19.7 Å². The number of aromatic nitrogens is 2. The Kier molecular flexibility index (Phi) is 5.47. The first-order valence-electron chi connectivity index (χ1n) is 7.27. The highest BCUT2D eigenvalue weighted by atomic mass is 19.1. The molecule has 2 aromatic rings. The number of hydrogen-bond acceptors (Lipinski definition) is 4. The van der Waals surface area contributed by atoms with Crippen LogP contribution in [-0.4, -0.2) is 28.3 Å². The molecule has 126 valence electrons. The van der Waals surface area contributed by atoms with Gasteiger partial charge in [0.15, 0.2) is 6.61 Å². The minimum absolute atomic E-state index is 0.398. The number of ether oxygens (including phenoxy) is 1. The van der Waals surface area contributed by atoms with E-state index in [9.17, 15) is 14.0 Å². The molecule has 1 aromatic carbocycles. The maximum Gasteiger partial charge on any atom is 0.331 e. The summed E-state index contributed by atoms with van der Waals surface area (Å²) < 4.78 is 19.4. The summed E-state index contributed by atoms with van der Waals surface area (Å²) in [4.78, 5) is 23.3. The molecule has 0 bridgehead atoms. The Labute approximate surface area is 138 Å². The highest BCUT2D eigenvalue weighted by molar-refractivity contribution is 5.94. The van der Waals surface area contributed by atoms with Crippen molar-refractivity contribution in [3.63, 3.8) is 0 Å². The SMILES string of the molecule is Cc1nn(C)c(C)c1/C=C/C(=O)OCC(=O)Nc1ccc(F)cc1. The first kappa shape index (κ1) is 17.4. The third-order valence-electron chi connectivity index (χ3n) is 3.42. The van der Waals surface area contributed by atoms with Crippen LogP contribution >= 0.6 is 0 Å². The van der Waals surface area contributed by atoms with Gasteiger partial charge < -0.3 is 10.1 Å². The lowest BCUT2D eigenvalue weighted by molar-refractivity contribution is -0.142. The molecule has 1 N–H and O–H groups in total. The van der Waals surface area contributed by atoms with Crippen molar-refractivity contribution in [1.29, 1.82) is 0 Å². The normalized spacial score (nSPS) is 10.8. The molecular formula is C17H18FN3O3. The molecule has 1 aromatic heterocycles. The van der Waals surface area contributed by atoms with Gasteiger partial charge in [-0.3, -0.25) is 9.48 Å². The Morgan fingerprint density at radius 3 is 2.54 bits per heavy atom. The van der Waals surface area contributed by atoms with Crippen molar-refractivity contribution >= 4 is 23.6 Å². The maximum atomic E-state index is 12.8. The first-order valence-corrected chi connectivity index (χ1v) is 7.27. The van der Waals surface area contributed by atoms with Gasteiger partial charge in [0.25, 0.3) is 5.91 Å². The van der Waals surface area contributed by atoms with Crippen molar-refractivity contribution in [1.82, 2.24) is 9.78 Å². The molecular weight excluding hydrogens is 313 g/mol. The van der Waals surface area contributed by atoms with Gasteiger partial charge in [-0.05, 0) is 44.2 Å². The Hall–Kier alpha value is -2.96. The molecule has 1 amide bonds. The number of hydrogen-bond donors (Lipinski definition) is 1. The smallest absolute Gasteiger partial charge is 0.331 e. The van der Waals surface area contributed by atoms with Gasteiger partial charge in [-0.2, -0.15) is 5.10 Å². The number of nitrogens with zero attached hydrogens (tertiary/aromatic N) is 2. The Morgan fingerprint density at radius 1 is 1.29 bits per heavy atom. The summed E-state index contributed by atoms with van der Waals surface area (Å²) in [5.41, 5.74) is 2.98. The molecule has 2 rings (SSSR count). The number of carbonyl (C=O) groups excluding carboxylic acids is 2. The standard InChI is InChI=1S/C17H18FN3O3/c1-11-15(12(2)21(3)20-11)8-9-17(23)24-10-16(22)19-14-6-4-13(18)5-7-14/h4-9H,10H2,1-3H3,(H,19,22)/b9-8+. The Morgan fingerprint density at radius 2 is 1.96 bits per heavy atom. The van der Waals surface area contributed by atoms with Crippen LogP contribution in [0.25, 0.3) is 6.08 Å². The number of amides is 1. The molecule has 0 aliphatic carbocycles. The number of carbonyl (C=O) groups is 2. The van der Waals surface area contributed by atoms with Crippen LogP contribution in [0.4, 0.5) is 10.1 Å². The van der Waals surface area contributed by atoms with Gasteiger partial charge in [0.05, 0.1) is 5.69 Å². The first-order chi connectivity index (χ1) is 11.4. The van der Waals surface area contributed by atoms with Crippen LogP contribution in [0.2, 0.25) is 0 Å². The minimum atomic E-state index is -0.632.